The number of amides is 3. The molecule has 1 N–H and O–H groups in total. The number of rotatable bonds is 8. The van der Waals surface area contributed by atoms with Gasteiger partial charge in [0, 0.05) is 0 Å². The Balaban J connectivity index is 1.82. The van der Waals surface area contributed by atoms with Gasteiger partial charge in [-0.15, -0.1) is 11.4 Å². The molecule has 1 saturated heterocycles. The quantitative estimate of drug-likeness (QED) is 0.402. The molecule has 31 heavy (non-hydrogen) atoms. The number of hydrogen-bond acceptors (Lipinski definition) is 6. The maximum absolute atomic E-state index is 13.0. The Morgan fingerprint density at radius 2 is 1.90 bits per heavy atom. The van der Waals surface area contributed by atoms with Gasteiger partial charge in [-0.3, -0.25) is 4.79 Å². The van der Waals surface area contributed by atoms with Gasteiger partial charge in [0.1, 0.15) is 17.9 Å². The van der Waals surface area contributed by atoms with E-state index in [1.165, 1.54) is 6.21 Å². The van der Waals surface area contributed by atoms with Gasteiger partial charge in [0.15, 0.2) is 11.5 Å². The van der Waals surface area contributed by atoms with Crippen LogP contribution in [-0.4, -0.2) is 43.5 Å². The van der Waals surface area contributed by atoms with Gasteiger partial charge in [0.2, 0.25) is 0 Å². The highest BCUT2D eigenvalue weighted by Gasteiger charge is 2.49. The van der Waals surface area contributed by atoms with Crippen LogP contribution in [0.2, 0.25) is 0 Å². The molecular weight excluding hydrogens is 398 g/mol. The molecule has 1 atom stereocenters. The smallest absolute Gasteiger partial charge is 0.346 e. The number of carbonyl (C=O) groups is 2. The molecule has 0 aromatic heterocycles. The largest absolute Gasteiger partial charge is 0.497 e. The first-order chi connectivity index (χ1) is 14.9. The highest BCUT2D eigenvalue weighted by molar-refractivity contribution is 6.07. The number of hydrogen-bond donors (Lipinski definition) is 1. The van der Waals surface area contributed by atoms with Gasteiger partial charge in [-0.25, -0.2) is 4.79 Å². The van der Waals surface area contributed by atoms with E-state index in [2.05, 4.69) is 16.3 Å². The molecule has 0 saturated carbocycles. The van der Waals surface area contributed by atoms with Crippen LogP contribution >= 0.6 is 0 Å². The SMILES string of the molecule is C#CCOc1ccc(/C=N\N2C(=O)N[C@@](C)(c3ccc(OC)cc3)C2=O)cc1OCC. The van der Waals surface area contributed by atoms with Crippen molar-refractivity contribution in [2.24, 2.45) is 5.10 Å². The van der Waals surface area contributed by atoms with Crippen LogP contribution in [0.4, 0.5) is 4.79 Å². The van der Waals surface area contributed by atoms with E-state index >= 15 is 0 Å². The third kappa shape index (κ3) is 4.46. The van der Waals surface area contributed by atoms with Crippen molar-refractivity contribution in [1.82, 2.24) is 10.3 Å². The van der Waals surface area contributed by atoms with Gasteiger partial charge >= 0.3 is 6.03 Å². The van der Waals surface area contributed by atoms with Gasteiger partial charge in [0.05, 0.1) is 19.9 Å². The molecule has 2 aromatic rings. The monoisotopic (exact) mass is 421 g/mol. The molecule has 1 fully saturated rings. The molecule has 2 aromatic carbocycles. The topological polar surface area (TPSA) is 89.5 Å². The Bertz CT molecular complexity index is 1040. The number of carbonyl (C=O) groups excluding carboxylic acids is 2. The highest BCUT2D eigenvalue weighted by Crippen LogP contribution is 2.31. The van der Waals surface area contributed by atoms with E-state index < -0.39 is 17.5 Å². The number of hydrazone groups is 1. The van der Waals surface area contributed by atoms with Crippen molar-refractivity contribution in [3.63, 3.8) is 0 Å². The molecule has 3 amide bonds. The molecule has 8 nitrogen and oxygen atoms in total. The van der Waals surface area contributed by atoms with Crippen LogP contribution < -0.4 is 19.5 Å². The number of terminal acetylenes is 1. The summed E-state index contributed by atoms with van der Waals surface area (Å²) in [6.45, 7) is 4.02. The molecule has 0 spiro atoms. The second kappa shape index (κ2) is 9.22. The highest BCUT2D eigenvalue weighted by atomic mass is 16.5. The van der Waals surface area contributed by atoms with E-state index in [0.717, 1.165) is 5.01 Å². The summed E-state index contributed by atoms with van der Waals surface area (Å²) in [5, 5.41) is 7.61. The summed E-state index contributed by atoms with van der Waals surface area (Å²) in [7, 11) is 1.56. The van der Waals surface area contributed by atoms with Crippen molar-refractivity contribution in [3.05, 3.63) is 53.6 Å². The fourth-order valence-corrected chi connectivity index (χ4v) is 3.09. The average Bonchev–Trinajstić information content (AvgIpc) is 3.00. The van der Waals surface area contributed by atoms with E-state index in [4.69, 9.17) is 20.6 Å². The van der Waals surface area contributed by atoms with Crippen LogP contribution in [0.15, 0.2) is 47.6 Å². The van der Waals surface area contributed by atoms with Crippen LogP contribution in [0.3, 0.4) is 0 Å². The molecule has 3 rings (SSSR count). The van der Waals surface area contributed by atoms with Gasteiger partial charge in [-0.1, -0.05) is 18.1 Å². The number of nitrogens with one attached hydrogen (secondary N) is 1. The van der Waals surface area contributed by atoms with Gasteiger partial charge in [-0.2, -0.15) is 5.10 Å². The van der Waals surface area contributed by atoms with Crippen LogP contribution in [0.5, 0.6) is 17.2 Å². The number of benzene rings is 2. The summed E-state index contributed by atoms with van der Waals surface area (Å²) >= 11 is 0. The molecule has 0 unspecified atom stereocenters. The zero-order valence-electron chi connectivity index (χ0n) is 17.5. The summed E-state index contributed by atoms with van der Waals surface area (Å²) < 4.78 is 16.2. The molecule has 0 bridgehead atoms. The third-order valence-corrected chi connectivity index (χ3v) is 4.74. The molecule has 160 valence electrons. The molecule has 1 heterocycles. The lowest BCUT2D eigenvalue weighted by atomic mass is 9.92. The first-order valence-electron chi connectivity index (χ1n) is 9.61. The number of imide groups is 1. The van der Waals surface area contributed by atoms with E-state index in [-0.39, 0.29) is 6.61 Å². The maximum Gasteiger partial charge on any atom is 0.346 e. The van der Waals surface area contributed by atoms with Crippen LogP contribution in [0.25, 0.3) is 0 Å². The Morgan fingerprint density at radius 1 is 1.16 bits per heavy atom. The van der Waals surface area contributed by atoms with E-state index in [0.29, 0.717) is 35.0 Å². The zero-order valence-corrected chi connectivity index (χ0v) is 17.5. The minimum absolute atomic E-state index is 0.111. The zero-order chi connectivity index (χ0) is 22.4. The molecule has 8 heteroatoms. The molecule has 1 aliphatic rings. The second-order valence-electron chi connectivity index (χ2n) is 6.78. The summed E-state index contributed by atoms with van der Waals surface area (Å²) in [6, 6.07) is 11.4. The fraction of sp³-hybridized carbons (Fsp3) is 0.261. The molecule has 0 aliphatic carbocycles. The standard InChI is InChI=1S/C23H23N3O5/c1-5-13-31-19-12-7-16(14-20(19)30-6-2)15-24-26-21(27)23(3,25-22(26)28)17-8-10-18(29-4)11-9-17/h1,7-12,14-15H,6,13H2,2-4H3,(H,25,28)/b24-15-/t23-/m0/s1. The summed E-state index contributed by atoms with van der Waals surface area (Å²) in [4.78, 5) is 25.4. The first-order valence-corrected chi connectivity index (χ1v) is 9.61. The Hall–Kier alpha value is -3.99. The lowest BCUT2D eigenvalue weighted by Gasteiger charge is -2.21. The average molecular weight is 421 g/mol. The first kappa shape index (κ1) is 21.7. The fourth-order valence-electron chi connectivity index (χ4n) is 3.09. The van der Waals surface area contributed by atoms with Crippen molar-refractivity contribution in [1.29, 1.82) is 0 Å². The van der Waals surface area contributed by atoms with Gasteiger partial charge in [0.25, 0.3) is 5.91 Å². The lowest BCUT2D eigenvalue weighted by Crippen LogP contribution is -2.40. The van der Waals surface area contributed by atoms with E-state index in [9.17, 15) is 9.59 Å². The normalized spacial score (nSPS) is 18.1. The minimum Gasteiger partial charge on any atom is -0.497 e. The third-order valence-electron chi connectivity index (χ3n) is 4.74. The predicted molar refractivity (Wildman–Crippen MR) is 115 cm³/mol. The summed E-state index contributed by atoms with van der Waals surface area (Å²) in [5.74, 6) is 3.55. The Labute approximate surface area is 180 Å². The van der Waals surface area contributed by atoms with Crippen molar-refractivity contribution >= 4 is 18.2 Å². The Kier molecular flexibility index (Phi) is 6.46. The van der Waals surface area contributed by atoms with E-state index in [1.807, 2.05) is 6.92 Å². The van der Waals surface area contributed by atoms with Crippen molar-refractivity contribution in [3.8, 4) is 29.6 Å². The minimum atomic E-state index is -1.23. The number of nitrogens with zero attached hydrogens (tertiary/aromatic N) is 2. The second-order valence-corrected chi connectivity index (χ2v) is 6.78. The van der Waals surface area contributed by atoms with Crippen LogP contribution in [0, 0.1) is 12.3 Å². The number of methoxy groups -OCH3 is 1. The number of ether oxygens (including phenoxy) is 3. The van der Waals surface area contributed by atoms with Gasteiger partial charge < -0.3 is 19.5 Å². The maximum atomic E-state index is 13.0. The van der Waals surface area contributed by atoms with Crippen molar-refractivity contribution in [2.45, 2.75) is 19.4 Å². The van der Waals surface area contributed by atoms with Gasteiger partial charge in [-0.05, 0) is 55.3 Å². The van der Waals surface area contributed by atoms with Crippen LogP contribution in [0.1, 0.15) is 25.0 Å². The van der Waals surface area contributed by atoms with Crippen molar-refractivity contribution in [2.75, 3.05) is 20.3 Å². The summed E-state index contributed by atoms with van der Waals surface area (Å²) in [6.07, 6.45) is 6.64. The number of urea groups is 1. The van der Waals surface area contributed by atoms with Crippen molar-refractivity contribution < 1.29 is 23.8 Å². The Morgan fingerprint density at radius 3 is 2.55 bits per heavy atom. The van der Waals surface area contributed by atoms with Crippen LogP contribution in [-0.2, 0) is 10.3 Å². The predicted octanol–water partition coefficient (Wildman–Crippen LogP) is 2.91. The molecule has 1 aliphatic heterocycles. The summed E-state index contributed by atoms with van der Waals surface area (Å²) in [5.41, 5.74) is 0.0116. The molecular formula is C23H23N3O5. The van der Waals surface area contributed by atoms with E-state index in [1.54, 1.807) is 56.5 Å². The lowest BCUT2D eigenvalue weighted by molar-refractivity contribution is -0.131. The molecule has 0 radical (unpaired) electrons.